The Labute approximate surface area is 141 Å². The molecule has 1 aliphatic heterocycles. The molecule has 4 nitrogen and oxygen atoms in total. The molecule has 1 aliphatic rings. The van der Waals surface area contributed by atoms with E-state index in [1.54, 1.807) is 6.92 Å². The lowest BCUT2D eigenvalue weighted by atomic mass is 9.96. The second-order valence-electron chi connectivity index (χ2n) is 5.76. The van der Waals surface area contributed by atoms with Gasteiger partial charge in [-0.3, -0.25) is 14.5 Å². The number of thioether (sulfide) groups is 1. The minimum Gasteiger partial charge on any atom is -0.494 e. The zero-order chi connectivity index (χ0) is 17.1. The maximum atomic E-state index is 12.2. The third-order valence-corrected chi connectivity index (χ3v) is 4.70. The number of carbonyl (C=O) groups excluding carboxylic acids is 2. The van der Waals surface area contributed by atoms with E-state index < -0.39 is 0 Å². The van der Waals surface area contributed by atoms with E-state index in [0.717, 1.165) is 34.2 Å². The van der Waals surface area contributed by atoms with E-state index in [1.165, 1.54) is 4.90 Å². The fraction of sp³-hybridized carbons (Fsp3) is 0.444. The third kappa shape index (κ3) is 3.61. The second kappa shape index (κ2) is 7.21. The summed E-state index contributed by atoms with van der Waals surface area (Å²) in [5.74, 6) is 0.996. The topological polar surface area (TPSA) is 46.6 Å². The van der Waals surface area contributed by atoms with E-state index in [0.29, 0.717) is 24.0 Å². The average molecular weight is 333 g/mol. The highest BCUT2D eigenvalue weighted by Crippen LogP contribution is 2.35. The van der Waals surface area contributed by atoms with Crippen LogP contribution in [0.2, 0.25) is 0 Å². The number of amides is 2. The number of hydrogen-bond acceptors (Lipinski definition) is 4. The molecule has 1 fully saturated rings. The molecule has 0 saturated carbocycles. The van der Waals surface area contributed by atoms with Gasteiger partial charge in [-0.1, -0.05) is 13.8 Å². The van der Waals surface area contributed by atoms with Gasteiger partial charge in [-0.05, 0) is 73.4 Å². The zero-order valence-electron chi connectivity index (χ0n) is 14.3. The van der Waals surface area contributed by atoms with Crippen molar-refractivity contribution >= 4 is 29.0 Å². The van der Waals surface area contributed by atoms with Gasteiger partial charge in [0, 0.05) is 6.54 Å². The monoisotopic (exact) mass is 333 g/mol. The molecule has 1 aromatic carbocycles. The predicted octanol–water partition coefficient (Wildman–Crippen LogP) is 4.57. The van der Waals surface area contributed by atoms with E-state index in [1.807, 2.05) is 26.0 Å². The highest BCUT2D eigenvalue weighted by molar-refractivity contribution is 8.18. The van der Waals surface area contributed by atoms with Gasteiger partial charge >= 0.3 is 0 Å². The zero-order valence-corrected chi connectivity index (χ0v) is 15.1. The Kier molecular flexibility index (Phi) is 5.52. The first kappa shape index (κ1) is 17.6. The van der Waals surface area contributed by atoms with E-state index in [4.69, 9.17) is 4.74 Å². The molecule has 23 heavy (non-hydrogen) atoms. The van der Waals surface area contributed by atoms with Crippen LogP contribution in [0.4, 0.5) is 4.79 Å². The van der Waals surface area contributed by atoms with Crippen LogP contribution < -0.4 is 4.74 Å². The Morgan fingerprint density at radius 2 is 1.96 bits per heavy atom. The van der Waals surface area contributed by atoms with Crippen molar-refractivity contribution in [2.24, 2.45) is 0 Å². The number of aryl methyl sites for hydroxylation is 1. The van der Waals surface area contributed by atoms with Crippen LogP contribution in [0.15, 0.2) is 17.0 Å². The van der Waals surface area contributed by atoms with Crippen LogP contribution >= 0.6 is 11.8 Å². The van der Waals surface area contributed by atoms with E-state index in [-0.39, 0.29) is 11.1 Å². The van der Waals surface area contributed by atoms with Crippen molar-refractivity contribution in [1.82, 2.24) is 4.90 Å². The number of ether oxygens (including phenoxy) is 1. The Morgan fingerprint density at radius 1 is 1.26 bits per heavy atom. The summed E-state index contributed by atoms with van der Waals surface area (Å²) in [6, 6.07) is 4.07. The molecule has 2 amide bonds. The van der Waals surface area contributed by atoms with Crippen molar-refractivity contribution in [1.29, 1.82) is 0 Å². The highest BCUT2D eigenvalue weighted by Gasteiger charge is 2.33. The Hall–Kier alpha value is -1.75. The number of nitrogens with zero attached hydrogens (tertiary/aromatic N) is 1. The van der Waals surface area contributed by atoms with Crippen LogP contribution in [-0.4, -0.2) is 29.2 Å². The Morgan fingerprint density at radius 3 is 2.48 bits per heavy atom. The fourth-order valence-corrected chi connectivity index (χ4v) is 3.41. The predicted molar refractivity (Wildman–Crippen MR) is 94.8 cm³/mol. The van der Waals surface area contributed by atoms with Crippen molar-refractivity contribution < 1.29 is 14.3 Å². The lowest BCUT2D eigenvalue weighted by molar-refractivity contribution is -0.122. The van der Waals surface area contributed by atoms with Crippen molar-refractivity contribution in [3.8, 4) is 5.75 Å². The minimum absolute atomic E-state index is 0.198. The third-order valence-electron chi connectivity index (χ3n) is 3.80. The summed E-state index contributed by atoms with van der Waals surface area (Å²) < 4.78 is 5.72. The second-order valence-corrected chi connectivity index (χ2v) is 6.75. The molecule has 124 valence electrons. The van der Waals surface area contributed by atoms with Crippen LogP contribution in [0.1, 0.15) is 50.3 Å². The SMILES string of the molecule is CCOc1cc(C)c(/C=C2\SC(=O)N(CC)C2=O)cc1C(C)C. The number of imide groups is 1. The smallest absolute Gasteiger partial charge is 0.293 e. The molecule has 0 atom stereocenters. The van der Waals surface area contributed by atoms with Gasteiger partial charge in [-0.15, -0.1) is 0 Å². The van der Waals surface area contributed by atoms with Gasteiger partial charge in [-0.25, -0.2) is 0 Å². The summed E-state index contributed by atoms with van der Waals surface area (Å²) in [7, 11) is 0. The first-order chi connectivity index (χ1) is 10.9. The quantitative estimate of drug-likeness (QED) is 0.740. The normalized spacial score (nSPS) is 16.8. The average Bonchev–Trinajstić information content (AvgIpc) is 2.75. The number of likely N-dealkylation sites (N-methyl/N-ethyl adjacent to an activating group) is 1. The molecule has 0 unspecified atom stereocenters. The molecular weight excluding hydrogens is 310 g/mol. The minimum atomic E-state index is -0.207. The van der Waals surface area contributed by atoms with E-state index in [9.17, 15) is 9.59 Å². The van der Waals surface area contributed by atoms with Crippen LogP contribution in [0, 0.1) is 6.92 Å². The van der Waals surface area contributed by atoms with Gasteiger partial charge in [0.2, 0.25) is 0 Å². The molecule has 0 aliphatic carbocycles. The molecule has 1 aromatic rings. The summed E-state index contributed by atoms with van der Waals surface area (Å²) in [4.78, 5) is 25.8. The number of benzene rings is 1. The molecule has 2 rings (SSSR count). The lowest BCUT2D eigenvalue weighted by Crippen LogP contribution is -2.27. The van der Waals surface area contributed by atoms with Crippen molar-refractivity contribution in [3.05, 3.63) is 33.7 Å². The van der Waals surface area contributed by atoms with Gasteiger partial charge < -0.3 is 4.74 Å². The standard InChI is InChI=1S/C18H23NO3S/c1-6-19-17(20)16(23-18(19)21)10-13-9-14(11(3)4)15(22-7-2)8-12(13)5/h8-11H,6-7H2,1-5H3/b16-10-. The summed E-state index contributed by atoms with van der Waals surface area (Å²) in [6.45, 7) is 11.0. The molecule has 0 aromatic heterocycles. The Bertz CT molecular complexity index is 664. The van der Waals surface area contributed by atoms with Gasteiger partial charge in [0.1, 0.15) is 5.75 Å². The lowest BCUT2D eigenvalue weighted by Gasteiger charge is -2.16. The van der Waals surface area contributed by atoms with Crippen LogP contribution in [-0.2, 0) is 4.79 Å². The van der Waals surface area contributed by atoms with Gasteiger partial charge in [0.05, 0.1) is 11.5 Å². The van der Waals surface area contributed by atoms with Gasteiger partial charge in [0.25, 0.3) is 11.1 Å². The van der Waals surface area contributed by atoms with Crippen molar-refractivity contribution in [3.63, 3.8) is 0 Å². The maximum Gasteiger partial charge on any atom is 0.293 e. The summed E-state index contributed by atoms with van der Waals surface area (Å²) in [5.41, 5.74) is 3.10. The van der Waals surface area contributed by atoms with Crippen LogP contribution in [0.5, 0.6) is 5.75 Å². The summed E-state index contributed by atoms with van der Waals surface area (Å²) in [6.07, 6.45) is 1.82. The van der Waals surface area contributed by atoms with E-state index in [2.05, 4.69) is 19.9 Å². The highest BCUT2D eigenvalue weighted by atomic mass is 32.2. The maximum absolute atomic E-state index is 12.2. The first-order valence-corrected chi connectivity index (χ1v) is 8.73. The molecule has 0 bridgehead atoms. The van der Waals surface area contributed by atoms with E-state index >= 15 is 0 Å². The number of hydrogen-bond donors (Lipinski definition) is 0. The molecule has 0 spiro atoms. The number of carbonyl (C=O) groups is 2. The van der Waals surface area contributed by atoms with Crippen molar-refractivity contribution in [2.75, 3.05) is 13.2 Å². The fourth-order valence-electron chi connectivity index (χ4n) is 2.52. The summed E-state index contributed by atoms with van der Waals surface area (Å²) in [5, 5.41) is -0.198. The molecule has 1 saturated heterocycles. The molecule has 0 N–H and O–H groups in total. The largest absolute Gasteiger partial charge is 0.494 e. The summed E-state index contributed by atoms with van der Waals surface area (Å²) >= 11 is 1.01. The Balaban J connectivity index is 2.44. The molecule has 5 heteroatoms. The molecular formula is C18H23NO3S. The van der Waals surface area contributed by atoms with Crippen molar-refractivity contribution in [2.45, 2.75) is 40.5 Å². The first-order valence-electron chi connectivity index (χ1n) is 7.91. The van der Waals surface area contributed by atoms with Crippen LogP contribution in [0.3, 0.4) is 0 Å². The molecule has 0 radical (unpaired) electrons. The molecule has 1 heterocycles. The van der Waals surface area contributed by atoms with Crippen LogP contribution in [0.25, 0.3) is 6.08 Å². The number of rotatable bonds is 5. The van der Waals surface area contributed by atoms with Gasteiger partial charge in [-0.2, -0.15) is 0 Å². The van der Waals surface area contributed by atoms with Gasteiger partial charge in [0.15, 0.2) is 0 Å².